The molecule has 4 unspecified atom stereocenters. The van der Waals surface area contributed by atoms with Crippen molar-refractivity contribution in [2.75, 3.05) is 6.54 Å². The van der Waals surface area contributed by atoms with E-state index in [9.17, 15) is 0 Å². The molecule has 19 heavy (non-hydrogen) atoms. The molecular formula is C17H29NS. The van der Waals surface area contributed by atoms with Crippen LogP contribution in [0, 0.1) is 24.7 Å². The molecule has 1 heterocycles. The van der Waals surface area contributed by atoms with Crippen molar-refractivity contribution in [3.05, 3.63) is 21.9 Å². The Labute approximate surface area is 122 Å². The minimum absolute atomic E-state index is 0.591. The van der Waals surface area contributed by atoms with Gasteiger partial charge in [-0.3, -0.25) is 0 Å². The highest BCUT2D eigenvalue weighted by Crippen LogP contribution is 2.41. The molecule has 1 aromatic heterocycles. The fraction of sp³-hybridized carbons (Fsp3) is 0.765. The van der Waals surface area contributed by atoms with Gasteiger partial charge in [-0.15, -0.1) is 11.3 Å². The molecule has 2 rings (SSSR count). The van der Waals surface area contributed by atoms with Crippen LogP contribution < -0.4 is 5.32 Å². The predicted molar refractivity (Wildman–Crippen MR) is 85.8 cm³/mol. The van der Waals surface area contributed by atoms with Crippen molar-refractivity contribution in [3.8, 4) is 0 Å². The summed E-state index contributed by atoms with van der Waals surface area (Å²) in [4.78, 5) is 2.99. The molecule has 1 fully saturated rings. The molecule has 0 aromatic carbocycles. The van der Waals surface area contributed by atoms with Gasteiger partial charge in [-0.05, 0) is 62.6 Å². The number of nitrogens with one attached hydrogen (secondary N) is 1. The summed E-state index contributed by atoms with van der Waals surface area (Å²) in [6, 6.07) is 5.21. The van der Waals surface area contributed by atoms with Crippen LogP contribution in [0.25, 0.3) is 0 Å². The van der Waals surface area contributed by atoms with Crippen molar-refractivity contribution in [2.24, 2.45) is 17.8 Å². The molecular weight excluding hydrogens is 250 g/mol. The van der Waals surface area contributed by atoms with E-state index in [1.165, 1.54) is 30.6 Å². The minimum Gasteiger partial charge on any atom is -0.309 e. The zero-order valence-corrected chi connectivity index (χ0v) is 13.7. The fourth-order valence-corrected chi connectivity index (χ4v) is 4.36. The standard InChI is InChI=1S/C17H29NS/c1-5-10-18-17(16-9-7-14(4)19-16)15-8-6-12(2)13(3)11-15/h7,9,12-13,15,17-18H,5-6,8,10-11H2,1-4H3. The Morgan fingerprint density at radius 1 is 1.26 bits per heavy atom. The summed E-state index contributed by atoms with van der Waals surface area (Å²) in [7, 11) is 0. The first-order chi connectivity index (χ1) is 9.11. The van der Waals surface area contributed by atoms with Crippen molar-refractivity contribution in [1.82, 2.24) is 5.32 Å². The second-order valence-electron chi connectivity index (χ2n) is 6.41. The van der Waals surface area contributed by atoms with E-state index in [-0.39, 0.29) is 0 Å². The first-order valence-corrected chi connectivity index (χ1v) is 8.73. The molecule has 2 heteroatoms. The number of rotatable bonds is 5. The van der Waals surface area contributed by atoms with Crippen molar-refractivity contribution in [2.45, 2.75) is 59.4 Å². The van der Waals surface area contributed by atoms with E-state index in [2.05, 4.69) is 45.1 Å². The van der Waals surface area contributed by atoms with Gasteiger partial charge in [0.1, 0.15) is 0 Å². The topological polar surface area (TPSA) is 12.0 Å². The third kappa shape index (κ3) is 3.82. The van der Waals surface area contributed by atoms with Crippen LogP contribution in [0.4, 0.5) is 0 Å². The lowest BCUT2D eigenvalue weighted by Crippen LogP contribution is -2.33. The van der Waals surface area contributed by atoms with E-state index in [1.54, 1.807) is 4.88 Å². The maximum atomic E-state index is 3.81. The lowest BCUT2D eigenvalue weighted by molar-refractivity contribution is 0.172. The summed E-state index contributed by atoms with van der Waals surface area (Å²) >= 11 is 1.98. The third-order valence-corrected chi connectivity index (χ3v) is 5.88. The Morgan fingerprint density at radius 3 is 2.63 bits per heavy atom. The Balaban J connectivity index is 2.09. The Bertz CT molecular complexity index is 384. The lowest BCUT2D eigenvalue weighted by Gasteiger charge is -2.37. The van der Waals surface area contributed by atoms with E-state index in [0.717, 1.165) is 24.3 Å². The zero-order valence-electron chi connectivity index (χ0n) is 12.9. The van der Waals surface area contributed by atoms with Crippen molar-refractivity contribution < 1.29 is 0 Å². The molecule has 0 saturated heterocycles. The highest BCUT2D eigenvalue weighted by Gasteiger charge is 2.31. The normalized spacial score (nSPS) is 29.4. The van der Waals surface area contributed by atoms with Crippen LogP contribution in [0.1, 0.15) is 62.3 Å². The SMILES string of the molecule is CCCNC(c1ccc(C)s1)C1CCC(C)C(C)C1. The Kier molecular flexibility index (Phi) is 5.47. The maximum absolute atomic E-state index is 3.81. The van der Waals surface area contributed by atoms with E-state index in [0.29, 0.717) is 6.04 Å². The molecule has 4 atom stereocenters. The van der Waals surface area contributed by atoms with Crippen molar-refractivity contribution >= 4 is 11.3 Å². The van der Waals surface area contributed by atoms with Gasteiger partial charge in [-0.25, -0.2) is 0 Å². The molecule has 1 aliphatic carbocycles. The van der Waals surface area contributed by atoms with Gasteiger partial charge in [0.2, 0.25) is 0 Å². The average Bonchev–Trinajstić information content (AvgIpc) is 2.80. The molecule has 1 N–H and O–H groups in total. The summed E-state index contributed by atoms with van der Waals surface area (Å²) < 4.78 is 0. The van der Waals surface area contributed by atoms with Crippen molar-refractivity contribution in [1.29, 1.82) is 0 Å². The van der Waals surface area contributed by atoms with Gasteiger partial charge >= 0.3 is 0 Å². The summed E-state index contributed by atoms with van der Waals surface area (Å²) in [6.45, 7) is 10.5. The van der Waals surface area contributed by atoms with Gasteiger partial charge in [-0.2, -0.15) is 0 Å². The quantitative estimate of drug-likeness (QED) is 0.784. The van der Waals surface area contributed by atoms with Crippen LogP contribution in [0.15, 0.2) is 12.1 Å². The highest BCUT2D eigenvalue weighted by atomic mass is 32.1. The van der Waals surface area contributed by atoms with E-state index in [1.807, 2.05) is 11.3 Å². The van der Waals surface area contributed by atoms with Crippen LogP contribution in [0.2, 0.25) is 0 Å². The lowest BCUT2D eigenvalue weighted by atomic mass is 9.73. The van der Waals surface area contributed by atoms with E-state index < -0.39 is 0 Å². The smallest absolute Gasteiger partial charge is 0.0443 e. The molecule has 1 aliphatic rings. The van der Waals surface area contributed by atoms with Crippen LogP contribution in [0.5, 0.6) is 0 Å². The third-order valence-electron chi connectivity index (χ3n) is 4.79. The molecule has 108 valence electrons. The largest absolute Gasteiger partial charge is 0.309 e. The number of thiophene rings is 1. The van der Waals surface area contributed by atoms with Gasteiger partial charge < -0.3 is 5.32 Å². The van der Waals surface area contributed by atoms with Gasteiger partial charge in [0.25, 0.3) is 0 Å². The molecule has 1 saturated carbocycles. The predicted octanol–water partition coefficient (Wildman–Crippen LogP) is 5.17. The average molecular weight is 279 g/mol. The molecule has 0 amide bonds. The minimum atomic E-state index is 0.591. The van der Waals surface area contributed by atoms with Gasteiger partial charge in [0.05, 0.1) is 0 Å². The van der Waals surface area contributed by atoms with Crippen LogP contribution in [-0.2, 0) is 0 Å². The van der Waals surface area contributed by atoms with Crippen LogP contribution in [0.3, 0.4) is 0 Å². The van der Waals surface area contributed by atoms with E-state index in [4.69, 9.17) is 0 Å². The molecule has 1 aromatic rings. The Morgan fingerprint density at radius 2 is 2.05 bits per heavy atom. The Hall–Kier alpha value is -0.340. The summed E-state index contributed by atoms with van der Waals surface area (Å²) in [5, 5.41) is 3.81. The first-order valence-electron chi connectivity index (χ1n) is 7.91. The molecule has 0 radical (unpaired) electrons. The van der Waals surface area contributed by atoms with E-state index >= 15 is 0 Å². The fourth-order valence-electron chi connectivity index (χ4n) is 3.31. The van der Waals surface area contributed by atoms with Gasteiger partial charge in [-0.1, -0.05) is 27.2 Å². The molecule has 0 spiro atoms. The summed E-state index contributed by atoms with van der Waals surface area (Å²) in [5.74, 6) is 2.62. The first kappa shape index (κ1) is 15.1. The number of aryl methyl sites for hydroxylation is 1. The number of hydrogen-bond donors (Lipinski definition) is 1. The number of hydrogen-bond acceptors (Lipinski definition) is 2. The monoisotopic (exact) mass is 279 g/mol. The maximum Gasteiger partial charge on any atom is 0.0443 e. The van der Waals surface area contributed by atoms with Crippen LogP contribution in [-0.4, -0.2) is 6.54 Å². The molecule has 0 bridgehead atoms. The second-order valence-corrected chi connectivity index (χ2v) is 7.73. The zero-order chi connectivity index (χ0) is 13.8. The molecule has 1 nitrogen and oxygen atoms in total. The van der Waals surface area contributed by atoms with Crippen molar-refractivity contribution in [3.63, 3.8) is 0 Å². The summed E-state index contributed by atoms with van der Waals surface area (Å²) in [5.41, 5.74) is 0. The van der Waals surface area contributed by atoms with Gasteiger partial charge in [0, 0.05) is 15.8 Å². The van der Waals surface area contributed by atoms with Crippen LogP contribution >= 0.6 is 11.3 Å². The second kappa shape index (κ2) is 6.90. The highest BCUT2D eigenvalue weighted by molar-refractivity contribution is 7.12. The van der Waals surface area contributed by atoms with Gasteiger partial charge in [0.15, 0.2) is 0 Å². The molecule has 0 aliphatic heterocycles. The summed E-state index contributed by atoms with van der Waals surface area (Å²) in [6.07, 6.45) is 5.41.